The molecule has 1 aliphatic heterocycles. The molecule has 0 spiro atoms. The zero-order chi connectivity index (χ0) is 5.28. The van der Waals surface area contributed by atoms with Gasteiger partial charge in [0.15, 0.2) is 0 Å². The van der Waals surface area contributed by atoms with Gasteiger partial charge in [-0.3, -0.25) is 0 Å². The summed E-state index contributed by atoms with van der Waals surface area (Å²) in [6.45, 7) is 0.436. The lowest BCUT2D eigenvalue weighted by Gasteiger charge is -1.95. The molecule has 3 nitrogen and oxygen atoms in total. The van der Waals surface area contributed by atoms with Crippen molar-refractivity contribution in [1.82, 2.24) is 5.32 Å². The molecule has 1 heterocycles. The number of aliphatic hydroxyl groups is 2. The molecule has 0 amide bonds. The van der Waals surface area contributed by atoms with Crippen molar-refractivity contribution < 1.29 is 10.2 Å². The van der Waals surface area contributed by atoms with Gasteiger partial charge in [0.1, 0.15) is 11.9 Å². The number of rotatable bonds is 0. The van der Waals surface area contributed by atoms with Crippen LogP contribution in [-0.4, -0.2) is 22.9 Å². The predicted molar refractivity (Wildman–Crippen MR) is 24.7 cm³/mol. The average molecular weight is 101 g/mol. The molecule has 0 aliphatic carbocycles. The molecule has 0 saturated heterocycles. The van der Waals surface area contributed by atoms with Gasteiger partial charge in [-0.15, -0.1) is 0 Å². The van der Waals surface area contributed by atoms with Crippen LogP contribution in [0.3, 0.4) is 0 Å². The van der Waals surface area contributed by atoms with Gasteiger partial charge in [0.05, 0.1) is 0 Å². The Morgan fingerprint density at radius 3 is 2.71 bits per heavy atom. The maximum atomic E-state index is 8.62. The maximum Gasteiger partial charge on any atom is 0.138 e. The van der Waals surface area contributed by atoms with E-state index in [2.05, 4.69) is 5.32 Å². The first kappa shape index (κ1) is 4.46. The van der Waals surface area contributed by atoms with E-state index in [4.69, 9.17) is 10.2 Å². The summed E-state index contributed by atoms with van der Waals surface area (Å²) in [6.07, 6.45) is 0.713. The Kier molecular flexibility index (Phi) is 0.906. The van der Waals surface area contributed by atoms with E-state index in [0.29, 0.717) is 6.54 Å². The first-order chi connectivity index (χ1) is 3.30. The van der Waals surface area contributed by atoms with Crippen LogP contribution in [-0.2, 0) is 0 Å². The van der Waals surface area contributed by atoms with E-state index in [1.165, 1.54) is 6.20 Å². The van der Waals surface area contributed by atoms with Gasteiger partial charge in [-0.1, -0.05) is 0 Å². The monoisotopic (exact) mass is 101 g/mol. The highest BCUT2D eigenvalue weighted by atomic mass is 16.3. The van der Waals surface area contributed by atoms with Crippen molar-refractivity contribution in [1.29, 1.82) is 0 Å². The summed E-state index contributed by atoms with van der Waals surface area (Å²) in [5, 5.41) is 19.8. The van der Waals surface area contributed by atoms with Gasteiger partial charge in [0.25, 0.3) is 0 Å². The zero-order valence-corrected chi connectivity index (χ0v) is 3.76. The predicted octanol–water partition coefficient (Wildman–Crippen LogP) is -0.650. The summed E-state index contributed by atoms with van der Waals surface area (Å²) in [4.78, 5) is 0. The number of hydrogen-bond acceptors (Lipinski definition) is 3. The third-order valence-corrected chi connectivity index (χ3v) is 0.903. The van der Waals surface area contributed by atoms with Crippen molar-refractivity contribution in [3.05, 3.63) is 12.0 Å². The standard InChI is InChI=1S/C4H7NO2/c6-3-1-5-2-4(3)7/h1,4-7H,2H2/t4-/m1/s1. The SMILES string of the molecule is OC1=CNC[C@H]1O. The molecular weight excluding hydrogens is 94.0 g/mol. The highest BCUT2D eigenvalue weighted by Gasteiger charge is 2.12. The molecule has 1 atom stereocenters. The number of hydrogen-bond donors (Lipinski definition) is 3. The van der Waals surface area contributed by atoms with Gasteiger partial charge in [0, 0.05) is 12.7 Å². The Balaban J connectivity index is 2.54. The van der Waals surface area contributed by atoms with E-state index in [1.807, 2.05) is 0 Å². The van der Waals surface area contributed by atoms with Crippen LogP contribution < -0.4 is 5.32 Å². The molecule has 3 N–H and O–H groups in total. The van der Waals surface area contributed by atoms with Gasteiger partial charge in [-0.05, 0) is 0 Å². The largest absolute Gasteiger partial charge is 0.508 e. The zero-order valence-electron chi connectivity index (χ0n) is 3.76. The fourth-order valence-corrected chi connectivity index (χ4v) is 0.476. The molecule has 1 rings (SSSR count). The van der Waals surface area contributed by atoms with E-state index in [0.717, 1.165) is 0 Å². The Hall–Kier alpha value is -0.700. The first-order valence-electron chi connectivity index (χ1n) is 2.11. The summed E-state index contributed by atoms with van der Waals surface area (Å²) in [6, 6.07) is 0. The third-order valence-electron chi connectivity index (χ3n) is 0.903. The molecular formula is C4H7NO2. The minimum absolute atomic E-state index is 0.0278. The van der Waals surface area contributed by atoms with Gasteiger partial charge < -0.3 is 15.5 Å². The topological polar surface area (TPSA) is 52.5 Å². The van der Waals surface area contributed by atoms with Crippen molar-refractivity contribution in [2.45, 2.75) is 6.10 Å². The number of β-amino-alcohol motifs (C(OH)–C–C–N with tert-alkyl or cyclic N) is 1. The van der Waals surface area contributed by atoms with Crippen molar-refractivity contribution in [2.24, 2.45) is 0 Å². The molecule has 0 aromatic carbocycles. The molecule has 0 unspecified atom stereocenters. The minimum Gasteiger partial charge on any atom is -0.508 e. The van der Waals surface area contributed by atoms with Crippen molar-refractivity contribution in [2.75, 3.05) is 6.54 Å². The van der Waals surface area contributed by atoms with Crippen molar-refractivity contribution >= 4 is 0 Å². The molecule has 3 heteroatoms. The summed E-state index contributed by atoms with van der Waals surface area (Å²) in [5.74, 6) is 0.0278. The lowest BCUT2D eigenvalue weighted by Crippen LogP contribution is -2.14. The second-order valence-electron chi connectivity index (χ2n) is 1.49. The van der Waals surface area contributed by atoms with Gasteiger partial charge in [-0.25, -0.2) is 0 Å². The number of nitrogens with one attached hydrogen (secondary N) is 1. The molecule has 40 valence electrons. The van der Waals surface area contributed by atoms with Crippen LogP contribution in [0.25, 0.3) is 0 Å². The minimum atomic E-state index is -0.681. The second kappa shape index (κ2) is 1.42. The highest BCUT2D eigenvalue weighted by Crippen LogP contribution is 1.99. The lowest BCUT2D eigenvalue weighted by molar-refractivity contribution is 0.168. The van der Waals surface area contributed by atoms with Crippen LogP contribution in [0.4, 0.5) is 0 Å². The van der Waals surface area contributed by atoms with E-state index in [9.17, 15) is 0 Å². The second-order valence-corrected chi connectivity index (χ2v) is 1.49. The van der Waals surface area contributed by atoms with Crippen LogP contribution in [0.15, 0.2) is 12.0 Å². The molecule has 0 aromatic rings. The summed E-state index contributed by atoms with van der Waals surface area (Å²) < 4.78 is 0. The molecule has 0 radical (unpaired) electrons. The normalized spacial score (nSPS) is 29.3. The Morgan fingerprint density at radius 2 is 2.57 bits per heavy atom. The summed E-state index contributed by atoms with van der Waals surface area (Å²) in [5.41, 5.74) is 0. The smallest absolute Gasteiger partial charge is 0.138 e. The average Bonchev–Trinajstić information content (AvgIpc) is 1.91. The van der Waals surface area contributed by atoms with Crippen LogP contribution in [0.5, 0.6) is 0 Å². The Morgan fingerprint density at radius 1 is 1.86 bits per heavy atom. The van der Waals surface area contributed by atoms with Crippen LogP contribution >= 0.6 is 0 Å². The van der Waals surface area contributed by atoms with Crippen molar-refractivity contribution in [3.63, 3.8) is 0 Å². The van der Waals surface area contributed by atoms with Crippen molar-refractivity contribution in [3.8, 4) is 0 Å². The molecule has 0 aromatic heterocycles. The molecule has 1 aliphatic rings. The van der Waals surface area contributed by atoms with E-state index >= 15 is 0 Å². The van der Waals surface area contributed by atoms with Crippen LogP contribution in [0.2, 0.25) is 0 Å². The highest BCUT2D eigenvalue weighted by molar-refractivity contribution is 5.03. The van der Waals surface area contributed by atoms with Gasteiger partial charge in [-0.2, -0.15) is 0 Å². The Bertz CT molecular complexity index is 99.9. The first-order valence-corrected chi connectivity index (χ1v) is 2.11. The van der Waals surface area contributed by atoms with E-state index in [-0.39, 0.29) is 5.76 Å². The number of aliphatic hydroxyl groups excluding tert-OH is 2. The van der Waals surface area contributed by atoms with Crippen LogP contribution in [0.1, 0.15) is 0 Å². The summed E-state index contributed by atoms with van der Waals surface area (Å²) >= 11 is 0. The molecule has 0 saturated carbocycles. The Labute approximate surface area is 41.3 Å². The molecule has 0 fully saturated rings. The van der Waals surface area contributed by atoms with E-state index in [1.54, 1.807) is 0 Å². The fraction of sp³-hybridized carbons (Fsp3) is 0.500. The maximum absolute atomic E-state index is 8.62. The molecule has 0 bridgehead atoms. The quantitative estimate of drug-likeness (QED) is 0.380. The van der Waals surface area contributed by atoms with Gasteiger partial charge in [0.2, 0.25) is 0 Å². The van der Waals surface area contributed by atoms with E-state index < -0.39 is 6.10 Å². The summed E-state index contributed by atoms with van der Waals surface area (Å²) in [7, 11) is 0. The van der Waals surface area contributed by atoms with Gasteiger partial charge >= 0.3 is 0 Å². The third kappa shape index (κ3) is 0.667. The lowest BCUT2D eigenvalue weighted by atomic mass is 10.4. The molecule has 7 heavy (non-hydrogen) atoms. The van der Waals surface area contributed by atoms with Crippen LogP contribution in [0, 0.1) is 0 Å². The fourth-order valence-electron chi connectivity index (χ4n) is 0.476.